The lowest BCUT2D eigenvalue weighted by Gasteiger charge is -2.23. The minimum absolute atomic E-state index is 0.0150. The van der Waals surface area contributed by atoms with E-state index in [1.54, 1.807) is 25.4 Å². The molecule has 0 radical (unpaired) electrons. The molecule has 3 rings (SSSR count). The number of hydrogen-bond donors (Lipinski definition) is 1. The smallest absolute Gasteiger partial charge is 0.254 e. The maximum atomic E-state index is 12.7. The molecule has 0 unspecified atom stereocenters. The molecule has 3 heterocycles. The first kappa shape index (κ1) is 13.5. The highest BCUT2D eigenvalue weighted by molar-refractivity contribution is 5.95. The lowest BCUT2D eigenvalue weighted by Crippen LogP contribution is -2.31. The normalized spacial score (nSPS) is 18.0. The monoisotopic (exact) mass is 287 g/mol. The van der Waals surface area contributed by atoms with Crippen LogP contribution in [0.5, 0.6) is 0 Å². The molecule has 0 bridgehead atoms. The van der Waals surface area contributed by atoms with Gasteiger partial charge in [-0.05, 0) is 31.9 Å². The van der Waals surface area contributed by atoms with Gasteiger partial charge in [0.25, 0.3) is 5.91 Å². The van der Waals surface area contributed by atoms with Crippen LogP contribution in [0, 0.1) is 6.92 Å². The summed E-state index contributed by atoms with van der Waals surface area (Å²) in [4.78, 5) is 18.7. The van der Waals surface area contributed by atoms with Gasteiger partial charge in [0.15, 0.2) is 0 Å². The maximum Gasteiger partial charge on any atom is 0.254 e. The van der Waals surface area contributed by atoms with Crippen LogP contribution >= 0.6 is 0 Å². The molecule has 110 valence electrons. The third-order valence-electron chi connectivity index (χ3n) is 3.78. The van der Waals surface area contributed by atoms with Crippen LogP contribution in [-0.4, -0.2) is 39.7 Å². The van der Waals surface area contributed by atoms with Crippen LogP contribution in [0.15, 0.2) is 23.0 Å². The summed E-state index contributed by atoms with van der Waals surface area (Å²) in [7, 11) is 1.78. The highest BCUT2D eigenvalue weighted by Gasteiger charge is 2.34. The summed E-state index contributed by atoms with van der Waals surface area (Å²) in [6.07, 6.45) is 3.46. The lowest BCUT2D eigenvalue weighted by molar-refractivity contribution is 0.0730. The second kappa shape index (κ2) is 5.51. The summed E-state index contributed by atoms with van der Waals surface area (Å²) in [6.45, 7) is 2.56. The summed E-state index contributed by atoms with van der Waals surface area (Å²) in [5, 5.41) is 10.7. The van der Waals surface area contributed by atoms with Crippen LogP contribution in [0.3, 0.4) is 0 Å². The number of carbonyl (C=O) groups excluding carboxylic acids is 1. The van der Waals surface area contributed by atoms with E-state index in [0.717, 1.165) is 24.2 Å². The quantitative estimate of drug-likeness (QED) is 0.926. The number of likely N-dealkylation sites (tertiary alicyclic amines) is 1. The number of amides is 1. The number of nitrogens with one attached hydrogen (secondary N) is 1. The molecular formula is C14H17N5O2. The molecule has 21 heavy (non-hydrogen) atoms. The molecule has 0 aromatic carbocycles. The Morgan fingerprint density at radius 2 is 2.33 bits per heavy atom. The number of rotatable bonds is 3. The third kappa shape index (κ3) is 2.46. The van der Waals surface area contributed by atoms with E-state index < -0.39 is 0 Å². The van der Waals surface area contributed by atoms with Crippen molar-refractivity contribution < 1.29 is 9.42 Å². The largest absolute Gasteiger partial charge is 0.373 e. The topological polar surface area (TPSA) is 84.2 Å². The molecule has 0 aliphatic carbocycles. The van der Waals surface area contributed by atoms with Crippen molar-refractivity contribution in [2.24, 2.45) is 0 Å². The number of aromatic nitrogens is 3. The van der Waals surface area contributed by atoms with Gasteiger partial charge in [-0.1, -0.05) is 10.3 Å². The molecule has 1 fully saturated rings. The first-order chi connectivity index (χ1) is 10.2. The molecule has 7 heteroatoms. The standard InChI is InChI=1S/C14H17N5O2/c1-9-13(18-21-17-9)11-4-3-7-19(11)14(20)10-5-6-16-12(8-10)15-2/h5-6,8,11H,3-4,7H2,1-2H3,(H,15,16)/t11-/m0/s1. The van der Waals surface area contributed by atoms with Gasteiger partial charge < -0.3 is 10.2 Å². The average Bonchev–Trinajstić information content (AvgIpc) is 3.14. The van der Waals surface area contributed by atoms with Crippen molar-refractivity contribution in [3.05, 3.63) is 35.3 Å². The molecule has 2 aromatic rings. The minimum atomic E-state index is -0.0602. The van der Waals surface area contributed by atoms with Gasteiger partial charge in [-0.2, -0.15) is 0 Å². The van der Waals surface area contributed by atoms with Crippen LogP contribution in [-0.2, 0) is 0 Å². The predicted molar refractivity (Wildman–Crippen MR) is 75.8 cm³/mol. The van der Waals surface area contributed by atoms with E-state index in [9.17, 15) is 4.79 Å². The fourth-order valence-electron chi connectivity index (χ4n) is 2.70. The van der Waals surface area contributed by atoms with E-state index in [1.165, 1.54) is 0 Å². The van der Waals surface area contributed by atoms with Gasteiger partial charge in [-0.15, -0.1) is 0 Å². The first-order valence-corrected chi connectivity index (χ1v) is 6.94. The van der Waals surface area contributed by atoms with Gasteiger partial charge >= 0.3 is 0 Å². The van der Waals surface area contributed by atoms with Crippen molar-refractivity contribution in [1.82, 2.24) is 20.2 Å². The third-order valence-corrected chi connectivity index (χ3v) is 3.78. The molecule has 1 amide bonds. The predicted octanol–water partition coefficient (Wildman–Crippen LogP) is 1.79. The van der Waals surface area contributed by atoms with Gasteiger partial charge in [-0.25, -0.2) is 9.61 Å². The summed E-state index contributed by atoms with van der Waals surface area (Å²) >= 11 is 0. The summed E-state index contributed by atoms with van der Waals surface area (Å²) < 4.78 is 4.77. The second-order valence-electron chi connectivity index (χ2n) is 5.07. The molecule has 1 N–H and O–H groups in total. The van der Waals surface area contributed by atoms with Crippen molar-refractivity contribution in [3.63, 3.8) is 0 Å². The van der Waals surface area contributed by atoms with Gasteiger partial charge in [0.2, 0.25) is 0 Å². The minimum Gasteiger partial charge on any atom is -0.373 e. The number of carbonyl (C=O) groups is 1. The van der Waals surface area contributed by atoms with E-state index in [1.807, 2.05) is 11.8 Å². The maximum absolute atomic E-state index is 12.7. The molecule has 1 aliphatic rings. The van der Waals surface area contributed by atoms with Gasteiger partial charge in [-0.3, -0.25) is 4.79 Å². The summed E-state index contributed by atoms with van der Waals surface area (Å²) in [5.41, 5.74) is 2.12. The Labute approximate surface area is 122 Å². The van der Waals surface area contributed by atoms with Crippen LogP contribution in [0.1, 0.15) is 40.6 Å². The zero-order valence-corrected chi connectivity index (χ0v) is 12.0. The molecule has 1 aliphatic heterocycles. The van der Waals surface area contributed by atoms with Crippen molar-refractivity contribution in [3.8, 4) is 0 Å². The van der Waals surface area contributed by atoms with Gasteiger partial charge in [0.05, 0.1) is 6.04 Å². The lowest BCUT2D eigenvalue weighted by atomic mass is 10.1. The van der Waals surface area contributed by atoms with Crippen LogP contribution in [0.4, 0.5) is 5.82 Å². The SMILES string of the molecule is CNc1cc(C(=O)N2CCC[C@H]2c2nonc2C)ccn1. The average molecular weight is 287 g/mol. The Bertz CT molecular complexity index is 654. The molecule has 7 nitrogen and oxygen atoms in total. The van der Waals surface area contributed by atoms with Crippen molar-refractivity contribution in [2.45, 2.75) is 25.8 Å². The molecule has 2 aromatic heterocycles. The Morgan fingerprint density at radius 1 is 1.48 bits per heavy atom. The van der Waals surface area contributed by atoms with E-state index in [0.29, 0.717) is 17.9 Å². The van der Waals surface area contributed by atoms with Crippen LogP contribution in [0.2, 0.25) is 0 Å². The van der Waals surface area contributed by atoms with E-state index >= 15 is 0 Å². The zero-order chi connectivity index (χ0) is 14.8. The Kier molecular flexibility index (Phi) is 3.55. The van der Waals surface area contributed by atoms with E-state index in [2.05, 4.69) is 20.6 Å². The molecule has 1 saturated heterocycles. The number of nitrogens with zero attached hydrogens (tertiary/aromatic N) is 4. The molecule has 0 saturated carbocycles. The van der Waals surface area contributed by atoms with E-state index in [4.69, 9.17) is 4.63 Å². The Balaban J connectivity index is 1.88. The van der Waals surface area contributed by atoms with E-state index in [-0.39, 0.29) is 11.9 Å². The van der Waals surface area contributed by atoms with Crippen molar-refractivity contribution in [1.29, 1.82) is 0 Å². The number of aryl methyl sites for hydroxylation is 1. The second-order valence-corrected chi connectivity index (χ2v) is 5.07. The van der Waals surface area contributed by atoms with Crippen LogP contribution < -0.4 is 5.32 Å². The highest BCUT2D eigenvalue weighted by atomic mass is 16.6. The highest BCUT2D eigenvalue weighted by Crippen LogP contribution is 2.33. The Morgan fingerprint density at radius 3 is 3.05 bits per heavy atom. The Hall–Kier alpha value is -2.44. The number of hydrogen-bond acceptors (Lipinski definition) is 6. The molecular weight excluding hydrogens is 270 g/mol. The molecule has 0 spiro atoms. The van der Waals surface area contributed by atoms with Crippen molar-refractivity contribution >= 4 is 11.7 Å². The first-order valence-electron chi connectivity index (χ1n) is 6.94. The van der Waals surface area contributed by atoms with Gasteiger partial charge in [0, 0.05) is 25.4 Å². The fraction of sp³-hybridized carbons (Fsp3) is 0.429. The number of pyridine rings is 1. The fourth-order valence-corrected chi connectivity index (χ4v) is 2.70. The zero-order valence-electron chi connectivity index (χ0n) is 12.0. The van der Waals surface area contributed by atoms with Gasteiger partial charge in [0.1, 0.15) is 17.2 Å². The summed E-state index contributed by atoms with van der Waals surface area (Å²) in [6, 6.07) is 3.42. The van der Waals surface area contributed by atoms with Crippen LogP contribution in [0.25, 0.3) is 0 Å². The molecule has 1 atom stereocenters. The number of anilines is 1. The van der Waals surface area contributed by atoms with Crippen molar-refractivity contribution in [2.75, 3.05) is 18.9 Å². The summed E-state index contributed by atoms with van der Waals surface area (Å²) in [5.74, 6) is 0.662.